The summed E-state index contributed by atoms with van der Waals surface area (Å²) in [6.45, 7) is -0.482. The molecular formula is C11H12ClF2NO. The monoisotopic (exact) mass is 247 g/mol. The number of halogens is 3. The number of hydrogen-bond donors (Lipinski definition) is 0. The van der Waals surface area contributed by atoms with Crippen LogP contribution in [0.4, 0.5) is 8.78 Å². The minimum absolute atomic E-state index is 0.0614. The summed E-state index contributed by atoms with van der Waals surface area (Å²) in [6, 6.07) is 6.58. The summed E-state index contributed by atoms with van der Waals surface area (Å²) >= 11 is 5.82. The molecule has 1 rings (SSSR count). The van der Waals surface area contributed by atoms with Crippen molar-refractivity contribution in [3.8, 4) is 0 Å². The van der Waals surface area contributed by atoms with E-state index < -0.39 is 13.0 Å². The molecule has 0 saturated heterocycles. The molecule has 0 aliphatic rings. The predicted molar refractivity (Wildman–Crippen MR) is 59.3 cm³/mol. The second-order valence-electron chi connectivity index (χ2n) is 3.49. The first-order valence-electron chi connectivity index (χ1n) is 4.75. The van der Waals surface area contributed by atoms with Gasteiger partial charge in [0.1, 0.15) is 0 Å². The zero-order chi connectivity index (χ0) is 12.1. The van der Waals surface area contributed by atoms with Gasteiger partial charge in [0, 0.05) is 5.56 Å². The van der Waals surface area contributed by atoms with Crippen LogP contribution in [-0.4, -0.2) is 37.2 Å². The lowest BCUT2D eigenvalue weighted by atomic mass is 10.1. The maximum atomic E-state index is 12.0. The van der Waals surface area contributed by atoms with Crippen molar-refractivity contribution in [2.45, 2.75) is 6.43 Å². The zero-order valence-corrected chi connectivity index (χ0v) is 9.55. The smallest absolute Gasteiger partial charge is 0.251 e. The Hall–Kier alpha value is -1.00. The van der Waals surface area contributed by atoms with E-state index in [1.165, 1.54) is 11.9 Å². The Bertz CT molecular complexity index is 371. The third kappa shape index (κ3) is 3.87. The number of Topliss-reactive ketones (excluding diaryl/α,β-unsaturated/α-hetero) is 1. The molecule has 0 saturated carbocycles. The molecule has 0 bridgehead atoms. The SMILES string of the molecule is CN(CC(=O)c1ccccc1Cl)CC(F)F. The standard InChI is InChI=1S/C11H12ClF2NO/c1-15(7-11(13)14)6-10(16)8-4-2-3-5-9(8)12/h2-5,11H,6-7H2,1H3. The van der Waals surface area contributed by atoms with Gasteiger partial charge in [0.25, 0.3) is 6.43 Å². The van der Waals surface area contributed by atoms with Crippen LogP contribution in [0.5, 0.6) is 0 Å². The second kappa shape index (κ2) is 5.92. The van der Waals surface area contributed by atoms with Gasteiger partial charge in [-0.15, -0.1) is 0 Å². The van der Waals surface area contributed by atoms with Gasteiger partial charge in [0.15, 0.2) is 5.78 Å². The number of benzene rings is 1. The van der Waals surface area contributed by atoms with Crippen molar-refractivity contribution in [2.24, 2.45) is 0 Å². The summed E-state index contributed by atoms with van der Waals surface area (Å²) in [5.41, 5.74) is 0.366. The number of rotatable bonds is 5. The summed E-state index contributed by atoms with van der Waals surface area (Å²) < 4.78 is 24.1. The van der Waals surface area contributed by atoms with E-state index in [-0.39, 0.29) is 12.3 Å². The molecule has 0 fully saturated rings. The van der Waals surface area contributed by atoms with Gasteiger partial charge < -0.3 is 0 Å². The van der Waals surface area contributed by atoms with Crippen molar-refractivity contribution in [3.63, 3.8) is 0 Å². The summed E-state index contributed by atoms with van der Waals surface area (Å²) in [5.74, 6) is -0.256. The lowest BCUT2D eigenvalue weighted by Gasteiger charge is -2.15. The number of carbonyl (C=O) groups excluding carboxylic acids is 1. The Morgan fingerprint density at radius 2 is 2.06 bits per heavy atom. The van der Waals surface area contributed by atoms with Crippen LogP contribution in [0.15, 0.2) is 24.3 Å². The second-order valence-corrected chi connectivity index (χ2v) is 3.90. The molecule has 0 heterocycles. The van der Waals surface area contributed by atoms with Crippen LogP contribution in [0.2, 0.25) is 5.02 Å². The molecule has 5 heteroatoms. The van der Waals surface area contributed by atoms with Gasteiger partial charge in [0.05, 0.1) is 18.1 Å². The van der Waals surface area contributed by atoms with E-state index in [0.717, 1.165) is 0 Å². The topological polar surface area (TPSA) is 20.3 Å². The van der Waals surface area contributed by atoms with Crippen molar-refractivity contribution < 1.29 is 13.6 Å². The molecule has 0 aromatic heterocycles. The Balaban J connectivity index is 2.63. The van der Waals surface area contributed by atoms with E-state index in [1.807, 2.05) is 0 Å². The van der Waals surface area contributed by atoms with Crippen LogP contribution in [0.3, 0.4) is 0 Å². The third-order valence-corrected chi connectivity index (χ3v) is 2.37. The fourth-order valence-electron chi connectivity index (χ4n) is 1.32. The van der Waals surface area contributed by atoms with Gasteiger partial charge in [0.2, 0.25) is 0 Å². The maximum absolute atomic E-state index is 12.0. The lowest BCUT2D eigenvalue weighted by molar-refractivity contribution is 0.0820. The van der Waals surface area contributed by atoms with Gasteiger partial charge in [-0.1, -0.05) is 23.7 Å². The highest BCUT2D eigenvalue weighted by Crippen LogP contribution is 2.15. The predicted octanol–water partition coefficient (Wildman–Crippen LogP) is 2.72. The highest BCUT2D eigenvalue weighted by Gasteiger charge is 2.14. The van der Waals surface area contributed by atoms with Crippen LogP contribution in [-0.2, 0) is 0 Å². The zero-order valence-electron chi connectivity index (χ0n) is 8.79. The molecule has 16 heavy (non-hydrogen) atoms. The maximum Gasteiger partial charge on any atom is 0.251 e. The van der Waals surface area contributed by atoms with Gasteiger partial charge in [-0.05, 0) is 19.2 Å². The van der Waals surface area contributed by atoms with E-state index in [4.69, 9.17) is 11.6 Å². The average molecular weight is 248 g/mol. The quantitative estimate of drug-likeness (QED) is 0.746. The Morgan fingerprint density at radius 3 is 2.62 bits per heavy atom. The molecule has 0 unspecified atom stereocenters. The molecule has 88 valence electrons. The Kier molecular flexibility index (Phi) is 4.83. The first-order valence-corrected chi connectivity index (χ1v) is 5.13. The minimum Gasteiger partial charge on any atom is -0.293 e. The van der Waals surface area contributed by atoms with E-state index in [1.54, 1.807) is 24.3 Å². The van der Waals surface area contributed by atoms with E-state index in [2.05, 4.69) is 0 Å². The van der Waals surface area contributed by atoms with Crippen molar-refractivity contribution in [1.29, 1.82) is 0 Å². The van der Waals surface area contributed by atoms with Crippen molar-refractivity contribution in [3.05, 3.63) is 34.9 Å². The molecule has 0 aliphatic heterocycles. The van der Waals surface area contributed by atoms with Crippen LogP contribution < -0.4 is 0 Å². The van der Waals surface area contributed by atoms with Crippen LogP contribution in [0, 0.1) is 0 Å². The number of carbonyl (C=O) groups is 1. The number of ketones is 1. The number of likely N-dealkylation sites (N-methyl/N-ethyl adjacent to an activating group) is 1. The highest BCUT2D eigenvalue weighted by molar-refractivity contribution is 6.34. The number of hydrogen-bond acceptors (Lipinski definition) is 2. The van der Waals surface area contributed by atoms with Crippen molar-refractivity contribution >= 4 is 17.4 Å². The normalized spacial score (nSPS) is 11.1. The van der Waals surface area contributed by atoms with E-state index >= 15 is 0 Å². The molecule has 0 amide bonds. The molecule has 0 atom stereocenters. The van der Waals surface area contributed by atoms with Crippen molar-refractivity contribution in [1.82, 2.24) is 4.90 Å². The molecule has 0 N–H and O–H groups in total. The number of nitrogens with zero attached hydrogens (tertiary/aromatic N) is 1. The van der Waals surface area contributed by atoms with Crippen molar-refractivity contribution in [2.75, 3.05) is 20.1 Å². The fraction of sp³-hybridized carbons (Fsp3) is 0.364. The first kappa shape index (κ1) is 13.1. The fourth-order valence-corrected chi connectivity index (χ4v) is 1.56. The molecule has 0 spiro atoms. The summed E-state index contributed by atoms with van der Waals surface area (Å²) in [7, 11) is 1.47. The Morgan fingerprint density at radius 1 is 1.44 bits per heavy atom. The largest absolute Gasteiger partial charge is 0.293 e. The van der Waals surface area contributed by atoms with Gasteiger partial charge >= 0.3 is 0 Å². The van der Waals surface area contributed by atoms with E-state index in [9.17, 15) is 13.6 Å². The summed E-state index contributed by atoms with van der Waals surface area (Å²) in [6.07, 6.45) is -2.44. The molecule has 1 aromatic carbocycles. The van der Waals surface area contributed by atoms with Gasteiger partial charge in [-0.3, -0.25) is 9.69 Å². The average Bonchev–Trinajstić information content (AvgIpc) is 2.16. The van der Waals surface area contributed by atoms with Crippen LogP contribution in [0.25, 0.3) is 0 Å². The minimum atomic E-state index is -2.44. The van der Waals surface area contributed by atoms with E-state index in [0.29, 0.717) is 10.6 Å². The van der Waals surface area contributed by atoms with Gasteiger partial charge in [-0.25, -0.2) is 8.78 Å². The number of alkyl halides is 2. The molecular weight excluding hydrogens is 236 g/mol. The summed E-state index contributed by atoms with van der Waals surface area (Å²) in [5, 5.41) is 0.345. The first-order chi connectivity index (χ1) is 7.50. The lowest BCUT2D eigenvalue weighted by Crippen LogP contribution is -2.30. The molecule has 1 aromatic rings. The Labute approximate surface area is 97.8 Å². The summed E-state index contributed by atoms with van der Waals surface area (Å²) in [4.78, 5) is 13.0. The highest BCUT2D eigenvalue weighted by atomic mass is 35.5. The molecule has 2 nitrogen and oxygen atoms in total. The third-order valence-electron chi connectivity index (χ3n) is 2.04. The van der Waals surface area contributed by atoms with Crippen LogP contribution in [0.1, 0.15) is 10.4 Å². The van der Waals surface area contributed by atoms with Gasteiger partial charge in [-0.2, -0.15) is 0 Å². The molecule has 0 aliphatic carbocycles. The molecule has 0 radical (unpaired) electrons. The van der Waals surface area contributed by atoms with Crippen LogP contribution >= 0.6 is 11.6 Å².